The number of anilines is 1. The molecule has 2 aliphatic rings. The number of benzene rings is 4. The van der Waals surface area contributed by atoms with Crippen LogP contribution < -0.4 is 10.9 Å². The Bertz CT molecular complexity index is 2760. The van der Waals surface area contributed by atoms with Gasteiger partial charge in [-0.25, -0.2) is 4.98 Å². The largest absolute Gasteiger partial charge is 0.463 e. The van der Waals surface area contributed by atoms with E-state index >= 15 is 0 Å². The molecule has 4 aromatic carbocycles. The maximum absolute atomic E-state index is 13.7. The molecule has 0 saturated carbocycles. The van der Waals surface area contributed by atoms with E-state index in [4.69, 9.17) is 33.4 Å². The van der Waals surface area contributed by atoms with Crippen molar-refractivity contribution in [2.24, 2.45) is 0 Å². The lowest BCUT2D eigenvalue weighted by Crippen LogP contribution is -2.50. The summed E-state index contributed by atoms with van der Waals surface area (Å²) in [6.45, 7) is 5.92. The molecule has 59 heavy (non-hydrogen) atoms. The summed E-state index contributed by atoms with van der Waals surface area (Å²) in [5, 5.41) is 8.66. The van der Waals surface area contributed by atoms with E-state index in [1.807, 2.05) is 54.6 Å². The van der Waals surface area contributed by atoms with Gasteiger partial charge in [0.15, 0.2) is 29.5 Å². The minimum Gasteiger partial charge on any atom is -0.463 e. The molecule has 0 radical (unpaired) electrons. The van der Waals surface area contributed by atoms with E-state index in [1.165, 1.54) is 45.5 Å². The molecule has 0 amide bonds. The summed E-state index contributed by atoms with van der Waals surface area (Å²) in [4.78, 5) is 87.3. The van der Waals surface area contributed by atoms with Crippen LogP contribution in [0.4, 0.5) is 5.95 Å². The maximum atomic E-state index is 13.7. The summed E-state index contributed by atoms with van der Waals surface area (Å²) in [6.07, 6.45) is -4.86. The van der Waals surface area contributed by atoms with Gasteiger partial charge >= 0.3 is 29.8 Å². The molecule has 304 valence electrons. The average Bonchev–Trinajstić information content (AvgIpc) is 3.78. The number of nitrogens with zero attached hydrogens (tertiary/aromatic N) is 3. The quantitative estimate of drug-likeness (QED) is 0.0851. The van der Waals surface area contributed by atoms with Crippen LogP contribution in [0.5, 0.6) is 0 Å². The monoisotopic (exact) mass is 805 g/mol. The van der Waals surface area contributed by atoms with Gasteiger partial charge in [0.25, 0.3) is 5.56 Å². The van der Waals surface area contributed by atoms with E-state index in [9.17, 15) is 28.8 Å². The average molecular weight is 806 g/mol. The SMILES string of the molecule is CC(=O)OC[C@H]1O[C@@H](n2cnc3c(=O)[nH]c(N[C@H]4c5c(ccc6cc7ccc8ccccc8c7cc56)[C@@H](OC(C)=O)[C@H](OC(C)=O)[C@H]4OC(C)=O)nc32)C[C@@H]1OC(C)=O. The normalized spacial score (nSPS) is 22.5. The minimum atomic E-state index is -1.34. The third kappa shape index (κ3) is 7.51. The fourth-order valence-corrected chi connectivity index (χ4v) is 8.19. The predicted octanol–water partition coefficient (Wildman–Crippen LogP) is 5.00. The number of imidazole rings is 1. The summed E-state index contributed by atoms with van der Waals surface area (Å²) >= 11 is 0. The third-order valence-corrected chi connectivity index (χ3v) is 10.4. The second-order valence-electron chi connectivity index (χ2n) is 14.5. The van der Waals surface area contributed by atoms with Crippen molar-refractivity contribution in [3.8, 4) is 0 Å². The number of aromatic nitrogens is 4. The second-order valence-corrected chi connectivity index (χ2v) is 14.5. The number of ether oxygens (including phenoxy) is 6. The van der Waals surface area contributed by atoms with Crippen LogP contribution in [-0.4, -0.2) is 80.4 Å². The number of hydrogen-bond donors (Lipinski definition) is 2. The molecule has 3 heterocycles. The molecule has 1 aliphatic carbocycles. The lowest BCUT2D eigenvalue weighted by Gasteiger charge is -2.42. The Hall–Kier alpha value is -6.88. The van der Waals surface area contributed by atoms with Crippen molar-refractivity contribution in [2.75, 3.05) is 11.9 Å². The van der Waals surface area contributed by atoms with E-state index in [-0.39, 0.29) is 30.1 Å². The Balaban J connectivity index is 1.30. The molecule has 7 atom stereocenters. The van der Waals surface area contributed by atoms with Crippen LogP contribution >= 0.6 is 0 Å². The molecule has 1 fully saturated rings. The fourth-order valence-electron chi connectivity index (χ4n) is 8.19. The fraction of sp³-hybridized carbons (Fsp3) is 0.333. The van der Waals surface area contributed by atoms with Crippen molar-refractivity contribution in [3.05, 3.63) is 88.5 Å². The second kappa shape index (κ2) is 15.5. The Morgan fingerprint density at radius 1 is 0.780 bits per heavy atom. The Morgan fingerprint density at radius 2 is 1.46 bits per heavy atom. The van der Waals surface area contributed by atoms with E-state index in [0.29, 0.717) is 16.5 Å². The molecule has 17 nitrogen and oxygen atoms in total. The highest BCUT2D eigenvalue weighted by atomic mass is 16.6. The van der Waals surface area contributed by atoms with Gasteiger partial charge in [0.1, 0.15) is 25.0 Å². The van der Waals surface area contributed by atoms with Crippen LogP contribution in [0.2, 0.25) is 0 Å². The Morgan fingerprint density at radius 3 is 2.19 bits per heavy atom. The number of carbonyl (C=O) groups is 5. The molecule has 0 unspecified atom stereocenters. The number of H-pyrrole nitrogens is 1. The van der Waals surface area contributed by atoms with Crippen molar-refractivity contribution in [2.45, 2.75) is 83.8 Å². The van der Waals surface area contributed by atoms with Gasteiger partial charge in [-0.15, -0.1) is 0 Å². The first-order chi connectivity index (χ1) is 28.2. The molecule has 2 N–H and O–H groups in total. The van der Waals surface area contributed by atoms with Crippen molar-refractivity contribution in [1.29, 1.82) is 0 Å². The number of esters is 5. The number of nitrogens with one attached hydrogen (secondary N) is 2. The molecule has 0 bridgehead atoms. The lowest BCUT2D eigenvalue weighted by molar-refractivity contribution is -0.187. The first-order valence-corrected chi connectivity index (χ1v) is 18.8. The van der Waals surface area contributed by atoms with Gasteiger partial charge in [-0.05, 0) is 50.0 Å². The van der Waals surface area contributed by atoms with Gasteiger partial charge in [-0.1, -0.05) is 48.5 Å². The van der Waals surface area contributed by atoms with Crippen LogP contribution in [0.25, 0.3) is 43.5 Å². The van der Waals surface area contributed by atoms with Gasteiger partial charge in [-0.2, -0.15) is 4.98 Å². The van der Waals surface area contributed by atoms with Gasteiger partial charge in [0, 0.05) is 46.6 Å². The maximum Gasteiger partial charge on any atom is 0.303 e. The number of aromatic amines is 1. The predicted molar refractivity (Wildman–Crippen MR) is 210 cm³/mol. The molecule has 6 aromatic rings. The molecule has 1 aliphatic heterocycles. The van der Waals surface area contributed by atoms with Crippen LogP contribution in [0.3, 0.4) is 0 Å². The number of rotatable bonds is 9. The molecule has 1 saturated heterocycles. The highest BCUT2D eigenvalue weighted by Gasteiger charge is 2.50. The van der Waals surface area contributed by atoms with Crippen molar-refractivity contribution in [3.63, 3.8) is 0 Å². The van der Waals surface area contributed by atoms with Gasteiger partial charge < -0.3 is 33.7 Å². The standard InChI is InChI=1S/C42H39N5O12/c1-19(48)54-17-32-31(55-20(2)49)16-33(59-32)47-18-43-36-40(47)45-42(46-41(36)53)44-35-34-28(37(56-21(3)50)39(58-23(5)52)38(35)57-22(4)51)13-12-26-14-25-11-10-24-8-6-7-9-27(24)29(25)15-30(26)34/h6-15,18,31-33,35,37-39H,16-17H2,1-5H3,(H2,44,45,46,53)/t31-,32+,33+,35-,37+,38-,39-/m0/s1. The van der Waals surface area contributed by atoms with Crippen molar-refractivity contribution < 1.29 is 52.4 Å². The smallest absolute Gasteiger partial charge is 0.303 e. The number of hydrogen-bond acceptors (Lipinski definition) is 15. The summed E-state index contributed by atoms with van der Waals surface area (Å²) < 4.78 is 36.0. The molecular weight excluding hydrogens is 766 g/mol. The zero-order chi connectivity index (χ0) is 41.7. The van der Waals surface area contributed by atoms with Crippen LogP contribution in [-0.2, 0) is 52.4 Å². The summed E-state index contributed by atoms with van der Waals surface area (Å²) in [6, 6.07) is 18.6. The molecular formula is C42H39N5O12. The zero-order valence-corrected chi connectivity index (χ0v) is 32.5. The molecule has 17 heteroatoms. The van der Waals surface area contributed by atoms with Gasteiger partial charge in [-0.3, -0.25) is 38.3 Å². The Kier molecular flexibility index (Phi) is 10.2. The zero-order valence-electron chi connectivity index (χ0n) is 32.5. The van der Waals surface area contributed by atoms with Crippen LogP contribution in [0.15, 0.2) is 71.8 Å². The topological polar surface area (TPSA) is 216 Å². The van der Waals surface area contributed by atoms with Crippen molar-refractivity contribution in [1.82, 2.24) is 19.5 Å². The van der Waals surface area contributed by atoms with Crippen LogP contribution in [0, 0.1) is 0 Å². The first kappa shape index (κ1) is 39.0. The van der Waals surface area contributed by atoms with Crippen molar-refractivity contribution >= 4 is 79.3 Å². The van der Waals surface area contributed by atoms with E-state index in [1.54, 1.807) is 6.07 Å². The summed E-state index contributed by atoms with van der Waals surface area (Å²) in [5.74, 6) is -3.30. The van der Waals surface area contributed by atoms with E-state index in [2.05, 4.69) is 15.3 Å². The van der Waals surface area contributed by atoms with E-state index in [0.717, 1.165) is 26.9 Å². The molecule has 8 rings (SSSR count). The number of fused-ring (bicyclic) bond motifs is 7. The van der Waals surface area contributed by atoms with Crippen LogP contribution in [0.1, 0.15) is 70.5 Å². The van der Waals surface area contributed by atoms with E-state index < -0.39 is 78.2 Å². The minimum absolute atomic E-state index is 0.0382. The lowest BCUT2D eigenvalue weighted by atomic mass is 9.78. The molecule has 2 aromatic heterocycles. The molecule has 0 spiro atoms. The Labute approximate surface area is 334 Å². The van der Waals surface area contributed by atoms with Gasteiger partial charge in [0.2, 0.25) is 5.95 Å². The number of carbonyl (C=O) groups excluding carboxylic acids is 5. The summed E-state index contributed by atoms with van der Waals surface area (Å²) in [5.41, 5.74) is 0.408. The highest BCUT2D eigenvalue weighted by molar-refractivity contribution is 6.12. The van der Waals surface area contributed by atoms with Gasteiger partial charge in [0.05, 0.1) is 12.4 Å². The summed E-state index contributed by atoms with van der Waals surface area (Å²) in [7, 11) is 0. The first-order valence-electron chi connectivity index (χ1n) is 18.8. The highest BCUT2D eigenvalue weighted by Crippen LogP contribution is 2.47. The third-order valence-electron chi connectivity index (χ3n) is 10.4.